The van der Waals surface area contributed by atoms with Crippen LogP contribution in [0.15, 0.2) is 0 Å². The van der Waals surface area contributed by atoms with Crippen LogP contribution in [0, 0.1) is 0 Å². The Morgan fingerprint density at radius 3 is 2.57 bits per heavy atom. The lowest BCUT2D eigenvalue weighted by Crippen LogP contribution is -2.29. The maximum absolute atomic E-state index is 11.1. The molecule has 1 aliphatic heterocycles. The second-order valence-electron chi connectivity index (χ2n) is 2.96. The first-order valence-corrected chi connectivity index (χ1v) is 5.77. The topological polar surface area (TPSA) is 89.5 Å². The minimum atomic E-state index is -3.68. The molecule has 0 aromatic carbocycles. The van der Waals surface area contributed by atoms with Crippen LogP contribution in [-0.2, 0) is 23.9 Å². The molecule has 2 amide bonds. The lowest BCUT2D eigenvalue weighted by Gasteiger charge is -2.07. The first-order chi connectivity index (χ1) is 6.44. The van der Waals surface area contributed by atoms with E-state index in [1.807, 2.05) is 5.32 Å². The van der Waals surface area contributed by atoms with E-state index >= 15 is 0 Å². The van der Waals surface area contributed by atoms with Crippen molar-refractivity contribution in [3.63, 3.8) is 0 Å². The smallest absolute Gasteiger partial charge is 0.268 e. The molecule has 0 spiro atoms. The summed E-state index contributed by atoms with van der Waals surface area (Å²) < 4.78 is 26.8. The largest absolute Gasteiger partial charge is 0.294 e. The summed E-state index contributed by atoms with van der Waals surface area (Å²) in [5.74, 6) is -1.34. The molecule has 1 saturated heterocycles. The molecule has 80 valence electrons. The Morgan fingerprint density at radius 1 is 1.50 bits per heavy atom. The summed E-state index contributed by atoms with van der Waals surface area (Å²) in [6, 6.07) is 0. The van der Waals surface area contributed by atoms with Crippen molar-refractivity contribution in [3.05, 3.63) is 0 Å². The number of imide groups is 1. The van der Waals surface area contributed by atoms with Gasteiger partial charge in [0, 0.05) is 0 Å². The van der Waals surface area contributed by atoms with Crippen LogP contribution in [0.5, 0.6) is 0 Å². The highest BCUT2D eigenvalue weighted by molar-refractivity contribution is 7.86. The van der Waals surface area contributed by atoms with Crippen LogP contribution < -0.4 is 5.32 Å². The predicted molar refractivity (Wildman–Crippen MR) is 46.7 cm³/mol. The van der Waals surface area contributed by atoms with Crippen molar-refractivity contribution in [1.29, 1.82) is 0 Å². The van der Waals surface area contributed by atoms with Crippen molar-refractivity contribution in [2.24, 2.45) is 0 Å². The molecular weight excluding hydrogens is 210 g/mol. The maximum Gasteiger partial charge on any atom is 0.268 e. The number of amides is 2. The summed E-state index contributed by atoms with van der Waals surface area (Å²) in [6.07, 6.45) is -0.995. The Bertz CT molecular complexity index is 347. The van der Waals surface area contributed by atoms with Crippen LogP contribution in [0.25, 0.3) is 0 Å². The van der Waals surface area contributed by atoms with Crippen LogP contribution in [0.2, 0.25) is 0 Å². The molecule has 1 heterocycles. The number of carbonyl (C=O) groups is 2. The summed E-state index contributed by atoms with van der Waals surface area (Å²) in [7, 11) is -3.68. The molecule has 0 aromatic heterocycles. The van der Waals surface area contributed by atoms with Gasteiger partial charge in [0.15, 0.2) is 6.10 Å². The zero-order valence-corrected chi connectivity index (χ0v) is 8.46. The van der Waals surface area contributed by atoms with Crippen molar-refractivity contribution < 1.29 is 22.2 Å². The zero-order valence-electron chi connectivity index (χ0n) is 7.65. The monoisotopic (exact) mass is 221 g/mol. The minimum absolute atomic E-state index is 0.148. The van der Waals surface area contributed by atoms with E-state index in [0.717, 1.165) is 0 Å². The van der Waals surface area contributed by atoms with Crippen LogP contribution >= 0.6 is 0 Å². The third-order valence-electron chi connectivity index (χ3n) is 1.64. The predicted octanol–water partition coefficient (Wildman–Crippen LogP) is -0.842. The molecule has 1 rings (SSSR count). The third-order valence-corrected chi connectivity index (χ3v) is 3.08. The molecule has 14 heavy (non-hydrogen) atoms. The average Bonchev–Trinajstić information content (AvgIpc) is 2.28. The molecule has 1 aliphatic rings. The van der Waals surface area contributed by atoms with Crippen LogP contribution in [-0.4, -0.2) is 32.1 Å². The molecule has 0 aromatic rings. The van der Waals surface area contributed by atoms with Crippen molar-refractivity contribution in [2.75, 3.05) is 5.75 Å². The second-order valence-corrected chi connectivity index (χ2v) is 4.68. The second kappa shape index (κ2) is 4.05. The fourth-order valence-electron chi connectivity index (χ4n) is 1.08. The van der Waals surface area contributed by atoms with Crippen molar-refractivity contribution in [3.8, 4) is 0 Å². The highest BCUT2D eigenvalue weighted by atomic mass is 32.2. The van der Waals surface area contributed by atoms with Crippen molar-refractivity contribution in [1.82, 2.24) is 5.32 Å². The lowest BCUT2D eigenvalue weighted by molar-refractivity contribution is -0.126. The Hall–Kier alpha value is -0.950. The molecule has 1 unspecified atom stereocenters. The van der Waals surface area contributed by atoms with Gasteiger partial charge in [0.2, 0.25) is 5.91 Å². The van der Waals surface area contributed by atoms with Gasteiger partial charge in [0.25, 0.3) is 16.0 Å². The van der Waals surface area contributed by atoms with E-state index in [0.29, 0.717) is 6.42 Å². The summed E-state index contributed by atoms with van der Waals surface area (Å²) in [6.45, 7) is 1.68. The normalized spacial score (nSPS) is 22.5. The Morgan fingerprint density at radius 2 is 2.14 bits per heavy atom. The van der Waals surface area contributed by atoms with E-state index in [1.165, 1.54) is 0 Å². The molecule has 1 fully saturated rings. The molecule has 0 aliphatic carbocycles. The van der Waals surface area contributed by atoms with Gasteiger partial charge in [-0.25, -0.2) is 0 Å². The molecule has 6 nitrogen and oxygen atoms in total. The van der Waals surface area contributed by atoms with Gasteiger partial charge in [0.05, 0.1) is 12.2 Å². The molecule has 1 N–H and O–H groups in total. The minimum Gasteiger partial charge on any atom is -0.294 e. The number of carbonyl (C=O) groups excluding carboxylic acids is 2. The number of hydrogen-bond donors (Lipinski definition) is 1. The summed E-state index contributed by atoms with van der Waals surface area (Å²) in [4.78, 5) is 21.6. The van der Waals surface area contributed by atoms with E-state index in [-0.39, 0.29) is 12.2 Å². The number of hydrogen-bond acceptors (Lipinski definition) is 5. The van der Waals surface area contributed by atoms with Gasteiger partial charge in [0.1, 0.15) is 0 Å². The molecule has 7 heteroatoms. The van der Waals surface area contributed by atoms with Gasteiger partial charge in [-0.15, -0.1) is 0 Å². The van der Waals surface area contributed by atoms with Crippen molar-refractivity contribution in [2.45, 2.75) is 25.9 Å². The van der Waals surface area contributed by atoms with Gasteiger partial charge >= 0.3 is 0 Å². The quantitative estimate of drug-likeness (QED) is 0.493. The highest BCUT2D eigenvalue weighted by Crippen LogP contribution is 2.10. The number of rotatable bonds is 4. The van der Waals surface area contributed by atoms with E-state index in [2.05, 4.69) is 4.18 Å². The van der Waals surface area contributed by atoms with Gasteiger partial charge < -0.3 is 0 Å². The van der Waals surface area contributed by atoms with E-state index in [9.17, 15) is 18.0 Å². The average molecular weight is 221 g/mol. The fraction of sp³-hybridized carbons (Fsp3) is 0.714. The van der Waals surface area contributed by atoms with Crippen LogP contribution in [0.4, 0.5) is 0 Å². The first-order valence-electron chi connectivity index (χ1n) is 4.19. The van der Waals surface area contributed by atoms with Gasteiger partial charge in [-0.3, -0.25) is 19.1 Å². The van der Waals surface area contributed by atoms with E-state index in [4.69, 9.17) is 0 Å². The van der Waals surface area contributed by atoms with Gasteiger partial charge in [-0.2, -0.15) is 8.42 Å². The zero-order chi connectivity index (χ0) is 10.8. The standard InChI is InChI=1S/C7H11NO5S/c1-2-3-14(11,12)13-5-4-6(9)8-7(5)10/h5H,2-4H2,1H3,(H,8,9,10). The van der Waals surface area contributed by atoms with Crippen LogP contribution in [0.3, 0.4) is 0 Å². The molecule has 0 saturated carbocycles. The molecular formula is C7H11NO5S. The van der Waals surface area contributed by atoms with Crippen LogP contribution in [0.1, 0.15) is 19.8 Å². The maximum atomic E-state index is 11.1. The van der Waals surface area contributed by atoms with Gasteiger partial charge in [-0.1, -0.05) is 6.92 Å². The molecule has 0 radical (unpaired) electrons. The fourth-order valence-corrected chi connectivity index (χ4v) is 2.19. The van der Waals surface area contributed by atoms with Gasteiger partial charge in [-0.05, 0) is 6.42 Å². The van der Waals surface area contributed by atoms with Crippen molar-refractivity contribution >= 4 is 21.9 Å². The third kappa shape index (κ3) is 2.78. The highest BCUT2D eigenvalue weighted by Gasteiger charge is 2.34. The summed E-state index contributed by atoms with van der Waals surface area (Å²) in [5.41, 5.74) is 0. The summed E-state index contributed by atoms with van der Waals surface area (Å²) in [5, 5.41) is 1.96. The summed E-state index contributed by atoms with van der Waals surface area (Å²) >= 11 is 0. The molecule has 1 atom stereocenters. The lowest BCUT2D eigenvalue weighted by atomic mass is 10.3. The first kappa shape index (κ1) is 11.1. The Labute approximate surface area is 81.7 Å². The Balaban J connectivity index is 2.61. The number of nitrogens with one attached hydrogen (secondary N) is 1. The molecule has 0 bridgehead atoms. The Kier molecular flexibility index (Phi) is 3.22. The van der Waals surface area contributed by atoms with E-state index in [1.54, 1.807) is 6.92 Å². The SMILES string of the molecule is CCCS(=O)(=O)OC1CC(=O)NC1=O. The van der Waals surface area contributed by atoms with E-state index < -0.39 is 28.0 Å².